The summed E-state index contributed by atoms with van der Waals surface area (Å²) in [5.41, 5.74) is -0.231. The van der Waals surface area contributed by atoms with E-state index in [2.05, 4.69) is 10.3 Å². The molecule has 2 atom stereocenters. The van der Waals surface area contributed by atoms with Gasteiger partial charge in [0.1, 0.15) is 0 Å². The SMILES string of the molecule is COc1ccnc(C(=O)N[C@H]2COCCCC(C)OC2=O)c1O. The topological polar surface area (TPSA) is 107 Å². The standard InChI is InChI=1S/C15H20N2O6/c1-9-4-3-7-22-8-10(15(20)23-9)17-14(19)12-13(18)11(21-2)5-6-16-12/h5-6,9-10,18H,3-4,7-8H2,1-2H3,(H,17,19)/t9?,10-/m0/s1. The lowest BCUT2D eigenvalue weighted by atomic mass is 10.2. The third-order valence-electron chi connectivity index (χ3n) is 3.41. The normalized spacial score (nSPS) is 22.3. The molecule has 1 fully saturated rings. The van der Waals surface area contributed by atoms with Crippen molar-refractivity contribution in [3.05, 3.63) is 18.0 Å². The van der Waals surface area contributed by atoms with Crippen LogP contribution in [0, 0.1) is 0 Å². The van der Waals surface area contributed by atoms with Gasteiger partial charge in [0.25, 0.3) is 5.91 Å². The van der Waals surface area contributed by atoms with Crippen LogP contribution in [0.2, 0.25) is 0 Å². The van der Waals surface area contributed by atoms with Crippen LogP contribution >= 0.6 is 0 Å². The molecule has 8 nitrogen and oxygen atoms in total. The molecule has 2 heterocycles. The lowest BCUT2D eigenvalue weighted by Gasteiger charge is -2.18. The van der Waals surface area contributed by atoms with Crippen molar-refractivity contribution in [3.63, 3.8) is 0 Å². The van der Waals surface area contributed by atoms with Gasteiger partial charge in [0.2, 0.25) is 0 Å². The molecule has 0 spiro atoms. The molecule has 1 aromatic rings. The lowest BCUT2D eigenvalue weighted by molar-refractivity contribution is -0.151. The van der Waals surface area contributed by atoms with E-state index in [-0.39, 0.29) is 24.2 Å². The fourth-order valence-electron chi connectivity index (χ4n) is 2.18. The summed E-state index contributed by atoms with van der Waals surface area (Å²) in [6.07, 6.45) is 2.55. The maximum atomic E-state index is 12.3. The number of aromatic hydroxyl groups is 1. The van der Waals surface area contributed by atoms with Gasteiger partial charge >= 0.3 is 5.97 Å². The Morgan fingerprint density at radius 2 is 2.30 bits per heavy atom. The first kappa shape index (κ1) is 17.0. The molecule has 8 heteroatoms. The van der Waals surface area contributed by atoms with Crippen molar-refractivity contribution in [1.82, 2.24) is 10.3 Å². The highest BCUT2D eigenvalue weighted by molar-refractivity contribution is 5.98. The van der Waals surface area contributed by atoms with Crippen LogP contribution in [0.1, 0.15) is 30.3 Å². The number of nitrogens with one attached hydrogen (secondary N) is 1. The molecular weight excluding hydrogens is 304 g/mol. The second-order valence-electron chi connectivity index (χ2n) is 5.20. The van der Waals surface area contributed by atoms with E-state index in [0.717, 1.165) is 6.42 Å². The van der Waals surface area contributed by atoms with E-state index < -0.39 is 23.7 Å². The number of rotatable bonds is 3. The minimum atomic E-state index is -0.963. The van der Waals surface area contributed by atoms with E-state index >= 15 is 0 Å². The lowest BCUT2D eigenvalue weighted by Crippen LogP contribution is -2.45. The van der Waals surface area contributed by atoms with Gasteiger partial charge in [-0.05, 0) is 19.8 Å². The molecule has 1 saturated heterocycles. The number of nitrogens with zero attached hydrogens (tertiary/aromatic N) is 1. The molecule has 2 N–H and O–H groups in total. The van der Waals surface area contributed by atoms with Gasteiger partial charge in [0.15, 0.2) is 23.2 Å². The zero-order chi connectivity index (χ0) is 16.8. The van der Waals surface area contributed by atoms with Gasteiger partial charge in [-0.15, -0.1) is 0 Å². The number of cyclic esters (lactones) is 1. The van der Waals surface area contributed by atoms with E-state index in [9.17, 15) is 14.7 Å². The zero-order valence-electron chi connectivity index (χ0n) is 13.1. The van der Waals surface area contributed by atoms with Crippen LogP contribution in [0.15, 0.2) is 12.3 Å². The summed E-state index contributed by atoms with van der Waals surface area (Å²) in [6, 6.07) is 0.459. The van der Waals surface area contributed by atoms with E-state index in [1.54, 1.807) is 6.92 Å². The monoisotopic (exact) mass is 324 g/mol. The molecule has 0 aromatic carbocycles. The predicted octanol–water partition coefficient (Wildman–Crippen LogP) is 0.636. The molecule has 0 saturated carbocycles. The third kappa shape index (κ3) is 4.32. The first-order valence-electron chi connectivity index (χ1n) is 7.34. The van der Waals surface area contributed by atoms with Crippen molar-refractivity contribution in [2.75, 3.05) is 20.3 Å². The summed E-state index contributed by atoms with van der Waals surface area (Å²) in [4.78, 5) is 28.2. The number of hydrogen-bond acceptors (Lipinski definition) is 7. The minimum Gasteiger partial charge on any atom is -0.503 e. The van der Waals surface area contributed by atoms with Crippen molar-refractivity contribution >= 4 is 11.9 Å². The number of pyridine rings is 1. The average molecular weight is 324 g/mol. The van der Waals surface area contributed by atoms with Crippen LogP contribution in [-0.2, 0) is 14.3 Å². The summed E-state index contributed by atoms with van der Waals surface area (Å²) in [7, 11) is 1.36. The van der Waals surface area contributed by atoms with Crippen LogP contribution in [0.3, 0.4) is 0 Å². The Labute approximate surface area is 133 Å². The van der Waals surface area contributed by atoms with Gasteiger partial charge in [-0.2, -0.15) is 0 Å². The Bertz CT molecular complexity index is 577. The first-order chi connectivity index (χ1) is 11.0. The van der Waals surface area contributed by atoms with Crippen LogP contribution in [0.25, 0.3) is 0 Å². The molecule has 1 aliphatic rings. The maximum absolute atomic E-state index is 12.3. The first-order valence-corrected chi connectivity index (χ1v) is 7.34. The van der Waals surface area contributed by atoms with Gasteiger partial charge < -0.3 is 24.6 Å². The van der Waals surface area contributed by atoms with Crippen LogP contribution < -0.4 is 10.1 Å². The molecular formula is C15H20N2O6. The molecule has 1 aromatic heterocycles. The van der Waals surface area contributed by atoms with Crippen molar-refractivity contribution < 1.29 is 28.9 Å². The predicted molar refractivity (Wildman–Crippen MR) is 79.3 cm³/mol. The maximum Gasteiger partial charge on any atom is 0.331 e. The van der Waals surface area contributed by atoms with Crippen LogP contribution in [0.4, 0.5) is 0 Å². The Morgan fingerprint density at radius 3 is 3.04 bits per heavy atom. The molecule has 1 amide bonds. The summed E-state index contributed by atoms with van der Waals surface area (Å²) >= 11 is 0. The molecule has 0 aliphatic carbocycles. The highest BCUT2D eigenvalue weighted by Crippen LogP contribution is 2.27. The van der Waals surface area contributed by atoms with E-state index in [4.69, 9.17) is 14.2 Å². The van der Waals surface area contributed by atoms with Crippen molar-refractivity contribution in [2.24, 2.45) is 0 Å². The number of methoxy groups -OCH3 is 1. The quantitative estimate of drug-likeness (QED) is 0.786. The Balaban J connectivity index is 2.12. The Hall–Kier alpha value is -2.35. The van der Waals surface area contributed by atoms with Gasteiger partial charge in [-0.25, -0.2) is 9.78 Å². The summed E-state index contributed by atoms with van der Waals surface area (Å²) < 4.78 is 15.6. The van der Waals surface area contributed by atoms with Gasteiger partial charge in [0.05, 0.1) is 19.8 Å². The molecule has 2 rings (SSSR count). The summed E-state index contributed by atoms with van der Waals surface area (Å²) in [5.74, 6) is -1.56. The minimum absolute atomic E-state index is 0.00201. The second-order valence-corrected chi connectivity index (χ2v) is 5.20. The van der Waals surface area contributed by atoms with Crippen LogP contribution in [-0.4, -0.2) is 54.4 Å². The largest absolute Gasteiger partial charge is 0.503 e. The average Bonchev–Trinajstić information content (AvgIpc) is 2.59. The number of aromatic nitrogens is 1. The van der Waals surface area contributed by atoms with Gasteiger partial charge in [-0.3, -0.25) is 4.79 Å². The van der Waals surface area contributed by atoms with E-state index in [1.165, 1.54) is 19.4 Å². The number of hydrogen-bond donors (Lipinski definition) is 2. The Kier molecular flexibility index (Phi) is 5.75. The zero-order valence-corrected chi connectivity index (χ0v) is 13.1. The van der Waals surface area contributed by atoms with Crippen molar-refractivity contribution in [2.45, 2.75) is 31.9 Å². The fourth-order valence-corrected chi connectivity index (χ4v) is 2.18. The summed E-state index contributed by atoms with van der Waals surface area (Å²) in [5, 5.41) is 12.4. The van der Waals surface area contributed by atoms with Crippen LogP contribution in [0.5, 0.6) is 11.5 Å². The molecule has 1 unspecified atom stereocenters. The highest BCUT2D eigenvalue weighted by Gasteiger charge is 2.28. The molecule has 0 radical (unpaired) electrons. The smallest absolute Gasteiger partial charge is 0.331 e. The summed E-state index contributed by atoms with van der Waals surface area (Å²) in [6.45, 7) is 2.27. The molecule has 0 bridgehead atoms. The number of ether oxygens (including phenoxy) is 3. The Morgan fingerprint density at radius 1 is 1.52 bits per heavy atom. The van der Waals surface area contributed by atoms with Gasteiger partial charge in [0, 0.05) is 18.9 Å². The number of carbonyl (C=O) groups excluding carboxylic acids is 2. The number of esters is 1. The van der Waals surface area contributed by atoms with Crippen molar-refractivity contribution in [1.29, 1.82) is 0 Å². The fraction of sp³-hybridized carbons (Fsp3) is 0.533. The third-order valence-corrected chi connectivity index (χ3v) is 3.41. The number of carbonyl (C=O) groups is 2. The second kappa shape index (κ2) is 7.77. The molecule has 1 aliphatic heterocycles. The molecule has 23 heavy (non-hydrogen) atoms. The number of amides is 1. The van der Waals surface area contributed by atoms with E-state index in [1.807, 2.05) is 0 Å². The van der Waals surface area contributed by atoms with E-state index in [0.29, 0.717) is 13.0 Å². The van der Waals surface area contributed by atoms with Gasteiger partial charge in [-0.1, -0.05) is 0 Å². The van der Waals surface area contributed by atoms with Crippen molar-refractivity contribution in [3.8, 4) is 11.5 Å². The highest BCUT2D eigenvalue weighted by atomic mass is 16.5. The molecule has 126 valence electrons.